The Hall–Kier alpha value is -3.09. The maximum atomic E-state index is 12.2. The van der Waals surface area contributed by atoms with E-state index in [0.29, 0.717) is 31.1 Å². The fraction of sp³-hybridized carbons (Fsp3) is 0.278. The molecule has 1 amide bonds. The monoisotopic (exact) mass is 341 g/mol. The first kappa shape index (κ1) is 16.8. The summed E-state index contributed by atoms with van der Waals surface area (Å²) in [6, 6.07) is 11.0. The zero-order valence-corrected chi connectivity index (χ0v) is 14.1. The molecule has 1 aromatic carbocycles. The van der Waals surface area contributed by atoms with E-state index < -0.39 is 0 Å². The van der Waals surface area contributed by atoms with Gasteiger partial charge in [-0.3, -0.25) is 4.79 Å². The molecule has 0 N–H and O–H groups in total. The lowest BCUT2D eigenvalue weighted by Crippen LogP contribution is -2.26. The van der Waals surface area contributed by atoms with Crippen LogP contribution in [0.3, 0.4) is 0 Å². The van der Waals surface area contributed by atoms with Gasteiger partial charge >= 0.3 is 0 Å². The number of carbonyl (C=O) groups excluding carboxylic acids is 1. The number of nitrogens with zero attached hydrogens (tertiary/aromatic N) is 3. The normalized spacial score (nSPS) is 10.6. The van der Waals surface area contributed by atoms with Crippen molar-refractivity contribution in [2.75, 3.05) is 14.2 Å². The van der Waals surface area contributed by atoms with Gasteiger partial charge in [-0.2, -0.15) is 4.98 Å². The first-order chi connectivity index (χ1) is 12.2. The third-order valence-electron chi connectivity index (χ3n) is 3.77. The zero-order chi connectivity index (χ0) is 17.6. The molecule has 0 aliphatic carbocycles. The van der Waals surface area contributed by atoms with Crippen LogP contribution in [0.1, 0.15) is 18.1 Å². The van der Waals surface area contributed by atoms with Crippen molar-refractivity contribution in [3.05, 3.63) is 54.3 Å². The Morgan fingerprint density at radius 1 is 1.24 bits per heavy atom. The summed E-state index contributed by atoms with van der Waals surface area (Å²) in [7, 11) is 3.35. The standard InChI is InChI=1S/C18H19N3O4/c1-21(12-15-4-3-11-24-15)17(22)10-9-16-19-18(20-25-16)13-5-7-14(23-2)8-6-13/h3-8,11H,9-10,12H2,1-2H3. The highest BCUT2D eigenvalue weighted by Gasteiger charge is 2.14. The van der Waals surface area contributed by atoms with Gasteiger partial charge in [0, 0.05) is 25.5 Å². The number of rotatable bonds is 7. The average Bonchev–Trinajstić information content (AvgIpc) is 3.31. The van der Waals surface area contributed by atoms with Crippen LogP contribution in [0.5, 0.6) is 5.75 Å². The highest BCUT2D eigenvalue weighted by molar-refractivity contribution is 5.76. The molecule has 130 valence electrons. The van der Waals surface area contributed by atoms with Crippen molar-refractivity contribution in [2.45, 2.75) is 19.4 Å². The Bertz CT molecular complexity index is 809. The number of aromatic nitrogens is 2. The maximum absolute atomic E-state index is 12.2. The van der Waals surface area contributed by atoms with E-state index in [9.17, 15) is 4.79 Å². The highest BCUT2D eigenvalue weighted by Crippen LogP contribution is 2.20. The lowest BCUT2D eigenvalue weighted by molar-refractivity contribution is -0.130. The molecule has 0 bridgehead atoms. The number of furan rings is 1. The number of hydrogen-bond acceptors (Lipinski definition) is 6. The molecule has 7 heteroatoms. The Morgan fingerprint density at radius 2 is 2.04 bits per heavy atom. The van der Waals surface area contributed by atoms with Crippen molar-refractivity contribution in [1.29, 1.82) is 0 Å². The summed E-state index contributed by atoms with van der Waals surface area (Å²) in [5.41, 5.74) is 0.831. The summed E-state index contributed by atoms with van der Waals surface area (Å²) in [4.78, 5) is 18.1. The number of benzene rings is 1. The molecule has 7 nitrogen and oxygen atoms in total. The summed E-state index contributed by atoms with van der Waals surface area (Å²) in [5.74, 6) is 2.42. The molecule has 0 radical (unpaired) electrons. The van der Waals surface area contributed by atoms with Crippen molar-refractivity contribution in [2.24, 2.45) is 0 Å². The van der Waals surface area contributed by atoms with Gasteiger partial charge in [0.1, 0.15) is 11.5 Å². The number of amides is 1. The van der Waals surface area contributed by atoms with E-state index in [0.717, 1.165) is 17.1 Å². The second-order valence-corrected chi connectivity index (χ2v) is 5.57. The van der Waals surface area contributed by atoms with E-state index in [2.05, 4.69) is 10.1 Å². The Labute approximate surface area is 145 Å². The van der Waals surface area contributed by atoms with Crippen molar-refractivity contribution in [3.63, 3.8) is 0 Å². The molecule has 0 fully saturated rings. The predicted molar refractivity (Wildman–Crippen MR) is 89.8 cm³/mol. The van der Waals surface area contributed by atoms with Crippen LogP contribution in [-0.2, 0) is 17.8 Å². The second kappa shape index (κ2) is 7.65. The minimum Gasteiger partial charge on any atom is -0.497 e. The van der Waals surface area contributed by atoms with E-state index >= 15 is 0 Å². The van der Waals surface area contributed by atoms with Crippen LogP contribution in [0.25, 0.3) is 11.4 Å². The quantitative estimate of drug-likeness (QED) is 0.657. The molecular formula is C18H19N3O4. The molecule has 25 heavy (non-hydrogen) atoms. The number of ether oxygens (including phenoxy) is 1. The molecule has 0 aliphatic rings. The van der Waals surface area contributed by atoms with Gasteiger partial charge in [-0.05, 0) is 36.4 Å². The second-order valence-electron chi connectivity index (χ2n) is 5.57. The van der Waals surface area contributed by atoms with Gasteiger partial charge < -0.3 is 18.6 Å². The van der Waals surface area contributed by atoms with Crippen LogP contribution in [0.2, 0.25) is 0 Å². The van der Waals surface area contributed by atoms with Gasteiger partial charge in [-0.25, -0.2) is 0 Å². The minimum absolute atomic E-state index is 0.0133. The fourth-order valence-corrected chi connectivity index (χ4v) is 2.34. The van der Waals surface area contributed by atoms with Gasteiger partial charge in [-0.1, -0.05) is 5.16 Å². The molecule has 0 unspecified atom stereocenters. The zero-order valence-electron chi connectivity index (χ0n) is 14.1. The number of aryl methyl sites for hydroxylation is 1. The van der Waals surface area contributed by atoms with Crippen molar-refractivity contribution >= 4 is 5.91 Å². The van der Waals surface area contributed by atoms with Gasteiger partial charge in [0.25, 0.3) is 0 Å². The molecule has 0 saturated heterocycles. The smallest absolute Gasteiger partial charge is 0.227 e. The average molecular weight is 341 g/mol. The van der Waals surface area contributed by atoms with E-state index in [1.54, 1.807) is 31.4 Å². The lowest BCUT2D eigenvalue weighted by atomic mass is 10.2. The van der Waals surface area contributed by atoms with Crippen molar-refractivity contribution in [1.82, 2.24) is 15.0 Å². The molecule has 3 rings (SSSR count). The third kappa shape index (κ3) is 4.26. The van der Waals surface area contributed by atoms with E-state index in [4.69, 9.17) is 13.7 Å². The Morgan fingerprint density at radius 3 is 2.72 bits per heavy atom. The topological polar surface area (TPSA) is 81.6 Å². The number of carbonyl (C=O) groups is 1. The van der Waals surface area contributed by atoms with E-state index in [1.165, 1.54) is 0 Å². The molecule has 0 spiro atoms. The molecule has 2 aromatic heterocycles. The maximum Gasteiger partial charge on any atom is 0.227 e. The predicted octanol–water partition coefficient (Wildman–Crippen LogP) is 2.93. The first-order valence-electron chi connectivity index (χ1n) is 7.89. The Kier molecular flexibility index (Phi) is 5.13. The van der Waals surface area contributed by atoms with Crippen LogP contribution in [0, 0.1) is 0 Å². The van der Waals surface area contributed by atoms with E-state index in [1.807, 2.05) is 30.3 Å². The number of methoxy groups -OCH3 is 1. The summed E-state index contributed by atoms with van der Waals surface area (Å²) >= 11 is 0. The molecular weight excluding hydrogens is 322 g/mol. The van der Waals surface area contributed by atoms with Gasteiger partial charge in [-0.15, -0.1) is 0 Å². The highest BCUT2D eigenvalue weighted by atomic mass is 16.5. The SMILES string of the molecule is COc1ccc(-c2noc(CCC(=O)N(C)Cc3ccco3)n2)cc1. The fourth-order valence-electron chi connectivity index (χ4n) is 2.34. The third-order valence-corrected chi connectivity index (χ3v) is 3.77. The largest absolute Gasteiger partial charge is 0.497 e. The molecule has 0 saturated carbocycles. The van der Waals surface area contributed by atoms with Gasteiger partial charge in [0.05, 0.1) is 19.9 Å². The number of hydrogen-bond donors (Lipinski definition) is 0. The van der Waals surface area contributed by atoms with Crippen LogP contribution in [0.15, 0.2) is 51.6 Å². The summed E-state index contributed by atoms with van der Waals surface area (Å²) in [6.45, 7) is 0.437. The van der Waals surface area contributed by atoms with Crippen LogP contribution < -0.4 is 4.74 Å². The summed E-state index contributed by atoms with van der Waals surface area (Å²) in [5, 5.41) is 3.96. The van der Waals surface area contributed by atoms with Gasteiger partial charge in [0.2, 0.25) is 17.6 Å². The van der Waals surface area contributed by atoms with E-state index in [-0.39, 0.29) is 5.91 Å². The van der Waals surface area contributed by atoms with Crippen molar-refractivity contribution in [3.8, 4) is 17.1 Å². The molecule has 3 aromatic rings. The minimum atomic E-state index is -0.0133. The summed E-state index contributed by atoms with van der Waals surface area (Å²) in [6.07, 6.45) is 2.28. The molecule has 0 atom stereocenters. The van der Waals surface area contributed by atoms with Gasteiger partial charge in [0.15, 0.2) is 0 Å². The van der Waals surface area contributed by atoms with Crippen molar-refractivity contribution < 1.29 is 18.5 Å². The van der Waals surface area contributed by atoms with Crippen LogP contribution >= 0.6 is 0 Å². The first-order valence-corrected chi connectivity index (χ1v) is 7.89. The summed E-state index contributed by atoms with van der Waals surface area (Å²) < 4.78 is 15.6. The molecule has 2 heterocycles. The molecule has 0 aliphatic heterocycles. The Balaban J connectivity index is 1.55. The van der Waals surface area contributed by atoms with Crippen LogP contribution in [-0.4, -0.2) is 35.1 Å². The lowest BCUT2D eigenvalue weighted by Gasteiger charge is -2.14. The van der Waals surface area contributed by atoms with Crippen LogP contribution in [0.4, 0.5) is 0 Å².